The molecule has 7 aromatic carbocycles. The van der Waals surface area contributed by atoms with Gasteiger partial charge < -0.3 is 61.6 Å². The Bertz CT molecular complexity index is 3640. The third-order valence-corrected chi connectivity index (χ3v) is 17.4. The zero-order chi connectivity index (χ0) is 65.0. The number of rotatable bonds is 25. The average Bonchev–Trinajstić information content (AvgIpc) is 1.71. The van der Waals surface area contributed by atoms with Crippen molar-refractivity contribution in [1.29, 1.82) is 0 Å². The Morgan fingerprint density at radius 3 is 1.49 bits per heavy atom. The van der Waals surface area contributed by atoms with E-state index < -0.39 is 133 Å². The second-order valence-electron chi connectivity index (χ2n) is 22.9. The number of benzene rings is 7. The fourth-order valence-corrected chi connectivity index (χ4v) is 13.2. The smallest absolute Gasteiger partial charge is 0.303 e. The van der Waals surface area contributed by atoms with Crippen molar-refractivity contribution in [2.24, 2.45) is 0 Å². The van der Waals surface area contributed by atoms with Gasteiger partial charge in [0.2, 0.25) is 0 Å². The van der Waals surface area contributed by atoms with Crippen LogP contribution in [0.4, 0.5) is 0 Å². The minimum Gasteiger partial charge on any atom is -0.463 e. The highest BCUT2D eigenvalue weighted by Crippen LogP contribution is 2.44. The molecule has 3 saturated heterocycles. The van der Waals surface area contributed by atoms with Crippen LogP contribution in [0.1, 0.15) is 77.6 Å². The summed E-state index contributed by atoms with van der Waals surface area (Å²) in [6, 6.07) is 56.8. The molecule has 4 aliphatic heterocycles. The Hall–Kier alpha value is -8.19. The predicted octanol–water partition coefficient (Wildman–Crippen LogP) is 9.89. The molecule has 21 heteroatoms. The summed E-state index contributed by atoms with van der Waals surface area (Å²) in [7, 11) is 0. The summed E-state index contributed by atoms with van der Waals surface area (Å²) < 4.78 is 87.1. The monoisotopic (exact) mass is 1290 g/mol. The van der Waals surface area contributed by atoms with Gasteiger partial charge in [-0.3, -0.25) is 33.7 Å². The topological polar surface area (TPSA) is 226 Å². The van der Waals surface area contributed by atoms with E-state index in [-0.39, 0.29) is 44.2 Å². The van der Waals surface area contributed by atoms with E-state index >= 15 is 9.59 Å². The van der Waals surface area contributed by atoms with Crippen LogP contribution in [-0.4, -0.2) is 145 Å². The number of amides is 2. The first-order valence-electron chi connectivity index (χ1n) is 30.8. The molecule has 0 aliphatic carbocycles. The molecule has 15 atom stereocenters. The van der Waals surface area contributed by atoms with Gasteiger partial charge in [-0.15, -0.1) is 0 Å². The quantitative estimate of drug-likeness (QED) is 0.0295. The molecule has 0 radical (unpaired) electrons. The number of fused-ring (bicyclic) bond motifs is 2. The van der Waals surface area contributed by atoms with Crippen molar-refractivity contribution in [1.82, 2.24) is 4.90 Å². The first-order valence-corrected chi connectivity index (χ1v) is 31.7. The van der Waals surface area contributed by atoms with Crippen LogP contribution >= 0.6 is 11.8 Å². The molecule has 3 fully saturated rings. The van der Waals surface area contributed by atoms with Gasteiger partial charge in [-0.2, -0.15) is 0 Å². The summed E-state index contributed by atoms with van der Waals surface area (Å²) in [4.78, 5) is 85.0. The highest BCUT2D eigenvalue weighted by molar-refractivity contribution is 7.99. The fraction of sp³-hybridized carbons (Fsp3) is 0.361. The minimum atomic E-state index is -1.86. The summed E-state index contributed by atoms with van der Waals surface area (Å²) in [6.45, 7) is 5.77. The predicted molar refractivity (Wildman–Crippen MR) is 336 cm³/mol. The number of nitrogens with zero attached hydrogens (tertiary/aromatic N) is 1. The lowest BCUT2D eigenvalue weighted by molar-refractivity contribution is -0.368. The average molecular weight is 1290 g/mol. The van der Waals surface area contributed by atoms with Crippen LogP contribution in [0.25, 0.3) is 10.8 Å². The molecule has 0 bridgehead atoms. The molecule has 2 amide bonds. The molecule has 93 heavy (non-hydrogen) atoms. The molecule has 486 valence electrons. The van der Waals surface area contributed by atoms with Crippen molar-refractivity contribution in [3.63, 3.8) is 0 Å². The Kier molecular flexibility index (Phi) is 22.2. The van der Waals surface area contributed by atoms with Crippen molar-refractivity contribution in [3.05, 3.63) is 221 Å². The summed E-state index contributed by atoms with van der Waals surface area (Å²) >= 11 is 1.21. The van der Waals surface area contributed by atoms with E-state index in [2.05, 4.69) is 0 Å². The van der Waals surface area contributed by atoms with E-state index in [9.17, 15) is 19.2 Å². The summed E-state index contributed by atoms with van der Waals surface area (Å²) in [6.07, 6.45) is -18.1. The van der Waals surface area contributed by atoms with Gasteiger partial charge in [0.15, 0.2) is 30.9 Å². The Morgan fingerprint density at radius 2 is 0.914 bits per heavy atom. The molecule has 4 aliphatic rings. The highest BCUT2D eigenvalue weighted by Gasteiger charge is 2.61. The van der Waals surface area contributed by atoms with Crippen LogP contribution in [-0.2, 0) is 107 Å². The Balaban J connectivity index is 1.09. The van der Waals surface area contributed by atoms with Crippen LogP contribution < -0.4 is 0 Å². The number of imide groups is 1. The number of carbonyl (C=O) groups is 6. The maximum absolute atomic E-state index is 15.4. The maximum Gasteiger partial charge on any atom is 0.303 e. The molecule has 0 unspecified atom stereocenters. The number of ether oxygens (including phenoxy) is 13. The molecule has 20 nitrogen and oxygen atoms in total. The number of hydrogen-bond donors (Lipinski definition) is 0. The zero-order valence-electron chi connectivity index (χ0n) is 51.9. The molecule has 0 saturated carbocycles. The Morgan fingerprint density at radius 1 is 0.430 bits per heavy atom. The third-order valence-electron chi connectivity index (χ3n) is 16.2. The van der Waals surface area contributed by atoms with Gasteiger partial charge in [0.05, 0.1) is 50.3 Å². The fourth-order valence-electron chi connectivity index (χ4n) is 12.0. The number of carbonyl (C=O) groups excluding carboxylic acids is 6. The SMILES string of the molecule is CC(=O)OC[C@H]1O[C@@H](O[C@H]2[C@H](O[C@@H]3O[C@@H](C)[C@@H](OCc4ccccc4)[C@@H](OCc4ccccc4)[C@@H]3OCc3ccccc3)[C@@H](N3C(=O)c4ccccc4C3=O)[C@H](Sc3ccccc3)O[C@@H]2COCc2ccc3ccccc3c2)[C@H](OC(C)=O)[C@@H](OC(C)=O)[C@H]1OC(C)=O. The van der Waals surface area contributed by atoms with Crippen molar-refractivity contribution in [3.8, 4) is 0 Å². The summed E-state index contributed by atoms with van der Waals surface area (Å²) in [5, 5.41) is 1.99. The van der Waals surface area contributed by atoms with E-state index in [1.165, 1.54) is 11.8 Å². The lowest BCUT2D eigenvalue weighted by Crippen LogP contribution is -2.70. The van der Waals surface area contributed by atoms with Crippen molar-refractivity contribution in [2.75, 3.05) is 13.2 Å². The van der Waals surface area contributed by atoms with Crippen molar-refractivity contribution >= 4 is 58.2 Å². The lowest BCUT2D eigenvalue weighted by Gasteiger charge is -2.52. The first kappa shape index (κ1) is 66.3. The van der Waals surface area contributed by atoms with Crippen LogP contribution in [0.3, 0.4) is 0 Å². The van der Waals surface area contributed by atoms with Gasteiger partial charge in [-0.1, -0.05) is 169 Å². The molecular formula is C72H73NO19S. The second kappa shape index (κ2) is 31.2. The lowest BCUT2D eigenvalue weighted by atomic mass is 9.94. The first-order chi connectivity index (χ1) is 45.1. The number of thioether (sulfide) groups is 1. The summed E-state index contributed by atoms with van der Waals surface area (Å²) in [5.74, 6) is -4.72. The Labute approximate surface area is 542 Å². The van der Waals surface area contributed by atoms with E-state index in [0.29, 0.717) is 4.90 Å². The largest absolute Gasteiger partial charge is 0.463 e. The van der Waals surface area contributed by atoms with E-state index in [4.69, 9.17) is 61.6 Å². The van der Waals surface area contributed by atoms with Crippen molar-refractivity contribution in [2.45, 2.75) is 157 Å². The van der Waals surface area contributed by atoms with Gasteiger partial charge in [-0.05, 0) is 70.3 Å². The number of esters is 4. The van der Waals surface area contributed by atoms with E-state index in [1.807, 2.05) is 171 Å². The molecule has 0 aromatic heterocycles. The van der Waals surface area contributed by atoms with Crippen molar-refractivity contribution < 1.29 is 90.3 Å². The summed E-state index contributed by atoms with van der Waals surface area (Å²) in [5.41, 5.74) is 2.35. The van der Waals surface area contributed by atoms with E-state index in [1.54, 1.807) is 24.3 Å². The molecule has 11 rings (SSSR count). The molecular weight excluding hydrogens is 1210 g/mol. The second-order valence-corrected chi connectivity index (χ2v) is 24.1. The van der Waals surface area contributed by atoms with E-state index in [0.717, 1.165) is 65.6 Å². The maximum atomic E-state index is 15.4. The van der Waals surface area contributed by atoms with Gasteiger partial charge in [0, 0.05) is 32.6 Å². The van der Waals surface area contributed by atoms with Crippen LogP contribution in [0, 0.1) is 0 Å². The zero-order valence-corrected chi connectivity index (χ0v) is 52.7. The van der Waals surface area contributed by atoms with Crippen LogP contribution in [0.15, 0.2) is 193 Å². The van der Waals surface area contributed by atoms with Gasteiger partial charge in [0.1, 0.15) is 60.8 Å². The molecule has 0 spiro atoms. The van der Waals surface area contributed by atoms with Gasteiger partial charge in [-0.25, -0.2) is 0 Å². The number of hydrogen-bond acceptors (Lipinski definition) is 20. The molecule has 0 N–H and O–H groups in total. The van der Waals surface area contributed by atoms with Gasteiger partial charge >= 0.3 is 23.9 Å². The third kappa shape index (κ3) is 16.4. The standard InChI is InChI=1S/C72H73NO19S/c1-43-60(82-38-48-22-10-6-11-23-48)64(83-39-49-24-12-7-13-25-49)66(84-40-50-26-14-8-15-27-50)70(85-43)92-63-59(73-68(78)55-32-20-21-33-56(55)69(73)79)72(93-54-30-16-9-17-31-54)90-57(41-80-37-51-34-35-52-28-18-19-29-53(52)36-51)61(63)91-71-67(88-47(5)77)65(87-46(4)76)62(86-45(3)75)58(89-71)42-81-44(2)74/h6-36,43,57-67,70-72H,37-42H2,1-5H3/t43-,57+,58+,59+,60+,61+,62-,63+,64+,65-,66-,67+,70-,71-,72-/m0/s1. The van der Waals surface area contributed by atoms with Crippen LogP contribution in [0.5, 0.6) is 0 Å². The van der Waals surface area contributed by atoms with Crippen LogP contribution in [0.2, 0.25) is 0 Å². The normalized spacial score (nSPS) is 26.8. The highest BCUT2D eigenvalue weighted by atomic mass is 32.2. The molecule has 7 aromatic rings. The molecule has 4 heterocycles. The minimum absolute atomic E-state index is 0.0116. The van der Waals surface area contributed by atoms with Gasteiger partial charge in [0.25, 0.3) is 11.8 Å².